The van der Waals surface area contributed by atoms with E-state index in [2.05, 4.69) is 0 Å². The average Bonchev–Trinajstić information content (AvgIpc) is 3.66. The van der Waals surface area contributed by atoms with Crippen LogP contribution in [0.1, 0.15) is 26.7 Å². The summed E-state index contributed by atoms with van der Waals surface area (Å²) in [7, 11) is -2.21. The maximum absolute atomic E-state index is 13.6. The summed E-state index contributed by atoms with van der Waals surface area (Å²) in [6.07, 6.45) is 1.33. The van der Waals surface area contributed by atoms with Crippen molar-refractivity contribution >= 4 is 15.9 Å². The van der Waals surface area contributed by atoms with Gasteiger partial charge in [-0.2, -0.15) is 4.31 Å². The number of hydrogen-bond donors (Lipinski definition) is 1. The van der Waals surface area contributed by atoms with E-state index >= 15 is 0 Å². The molecule has 1 aliphatic carbocycles. The topological polar surface area (TPSA) is 87.2 Å². The van der Waals surface area contributed by atoms with Gasteiger partial charge in [0.1, 0.15) is 22.6 Å². The van der Waals surface area contributed by atoms with Crippen LogP contribution in [0, 0.1) is 17.7 Å². The number of halogens is 1. The largest absolute Gasteiger partial charge is 0.487 e. The van der Waals surface area contributed by atoms with Crippen molar-refractivity contribution in [3.8, 4) is 16.9 Å². The highest BCUT2D eigenvalue weighted by atomic mass is 32.2. The van der Waals surface area contributed by atoms with Crippen molar-refractivity contribution in [2.24, 2.45) is 11.8 Å². The molecule has 1 heterocycles. The molecular weight excluding hydrogens is 459 g/mol. The zero-order chi connectivity index (χ0) is 24.6. The monoisotopic (exact) mass is 490 g/mol. The first-order valence-electron chi connectivity index (χ1n) is 11.6. The van der Waals surface area contributed by atoms with Crippen molar-refractivity contribution in [3.05, 3.63) is 48.3 Å². The number of benzene rings is 2. The molecule has 0 saturated heterocycles. The van der Waals surface area contributed by atoms with Crippen LogP contribution in [0.2, 0.25) is 0 Å². The average molecular weight is 491 g/mol. The van der Waals surface area contributed by atoms with Gasteiger partial charge in [0, 0.05) is 31.5 Å². The Morgan fingerprint density at radius 2 is 1.85 bits per heavy atom. The van der Waals surface area contributed by atoms with Crippen LogP contribution in [0.25, 0.3) is 11.1 Å². The maximum Gasteiger partial charge on any atom is 0.247 e. The van der Waals surface area contributed by atoms with Crippen LogP contribution in [0.5, 0.6) is 5.75 Å². The summed E-state index contributed by atoms with van der Waals surface area (Å²) in [5, 5.41) is 9.76. The van der Waals surface area contributed by atoms with Gasteiger partial charge < -0.3 is 14.7 Å². The second-order valence-electron chi connectivity index (χ2n) is 9.40. The fourth-order valence-electron chi connectivity index (χ4n) is 4.27. The fraction of sp³-hybridized carbons (Fsp3) is 0.480. The maximum atomic E-state index is 13.6. The smallest absolute Gasteiger partial charge is 0.247 e. The van der Waals surface area contributed by atoms with Crippen molar-refractivity contribution < 1.29 is 27.4 Å². The molecule has 1 amide bonds. The quantitative estimate of drug-likeness (QED) is 0.672. The first-order chi connectivity index (χ1) is 16.1. The van der Waals surface area contributed by atoms with E-state index in [1.54, 1.807) is 43.1 Å². The number of aliphatic hydroxyl groups excluding tert-OH is 1. The zero-order valence-electron chi connectivity index (χ0n) is 19.6. The normalized spacial score (nSPS) is 23.2. The van der Waals surface area contributed by atoms with Crippen LogP contribution in [0.15, 0.2) is 47.4 Å². The third-order valence-electron chi connectivity index (χ3n) is 6.60. The molecule has 184 valence electrons. The van der Waals surface area contributed by atoms with Crippen LogP contribution < -0.4 is 4.74 Å². The molecule has 0 unspecified atom stereocenters. The standard InChI is InChI=1S/C25H31FN2O5S/c1-16-13-28(17(2)15-29)34(31,32)24-11-8-20(18-6-9-21(26)10-7-18)12-22(24)33-23(16)14-27(3)25(30)19-4-5-19/h6-12,16-17,19,23,29H,4-5,13-15H2,1-3H3/t16-,17-,23-/m0/s1. The Bertz CT molecular complexity index is 1150. The third kappa shape index (κ3) is 4.96. The molecule has 1 saturated carbocycles. The summed E-state index contributed by atoms with van der Waals surface area (Å²) in [4.78, 5) is 14.2. The highest BCUT2D eigenvalue weighted by molar-refractivity contribution is 7.89. The number of nitrogens with zero attached hydrogens (tertiary/aromatic N) is 2. The van der Waals surface area contributed by atoms with Crippen molar-refractivity contribution in [2.75, 3.05) is 26.7 Å². The minimum atomic E-state index is -3.96. The van der Waals surface area contributed by atoms with Crippen LogP contribution >= 0.6 is 0 Å². The van der Waals surface area contributed by atoms with Gasteiger partial charge in [-0.15, -0.1) is 0 Å². The molecule has 1 fully saturated rings. The molecule has 7 nitrogen and oxygen atoms in total. The summed E-state index contributed by atoms with van der Waals surface area (Å²) in [6, 6.07) is 10.1. The van der Waals surface area contributed by atoms with Crippen LogP contribution in [0.4, 0.5) is 4.39 Å². The first kappa shape index (κ1) is 24.6. The van der Waals surface area contributed by atoms with E-state index in [9.17, 15) is 22.7 Å². The molecule has 0 spiro atoms. The molecule has 2 aromatic rings. The summed E-state index contributed by atoms with van der Waals surface area (Å²) in [6.45, 7) is 3.70. The van der Waals surface area contributed by atoms with E-state index in [0.717, 1.165) is 18.4 Å². The molecular formula is C25H31FN2O5S. The highest BCUT2D eigenvalue weighted by Gasteiger charge is 2.39. The van der Waals surface area contributed by atoms with Gasteiger partial charge in [-0.1, -0.05) is 25.1 Å². The Hall–Kier alpha value is -2.49. The van der Waals surface area contributed by atoms with Gasteiger partial charge in [0.05, 0.1) is 13.2 Å². The number of likely N-dealkylation sites (N-methyl/N-ethyl adjacent to an activating group) is 1. The van der Waals surface area contributed by atoms with E-state index in [1.807, 2.05) is 6.92 Å². The lowest BCUT2D eigenvalue weighted by Gasteiger charge is -2.37. The molecule has 2 aromatic carbocycles. The minimum absolute atomic E-state index is 0.00624. The van der Waals surface area contributed by atoms with Gasteiger partial charge in [-0.25, -0.2) is 12.8 Å². The number of aliphatic hydroxyl groups is 1. The van der Waals surface area contributed by atoms with Crippen molar-refractivity contribution in [1.29, 1.82) is 0 Å². The van der Waals surface area contributed by atoms with Crippen LogP contribution in [0.3, 0.4) is 0 Å². The summed E-state index contributed by atoms with van der Waals surface area (Å²) < 4.78 is 48.2. The lowest BCUT2D eigenvalue weighted by molar-refractivity contribution is -0.132. The molecule has 3 atom stereocenters. The van der Waals surface area contributed by atoms with Crippen molar-refractivity contribution in [2.45, 2.75) is 43.7 Å². The lowest BCUT2D eigenvalue weighted by atomic mass is 10.0. The summed E-state index contributed by atoms with van der Waals surface area (Å²) in [5.41, 5.74) is 1.41. The molecule has 0 radical (unpaired) electrons. The third-order valence-corrected chi connectivity index (χ3v) is 8.62. The Kier molecular flexibility index (Phi) is 6.98. The van der Waals surface area contributed by atoms with Crippen LogP contribution in [-0.2, 0) is 14.8 Å². The van der Waals surface area contributed by atoms with Gasteiger partial charge in [0.2, 0.25) is 15.9 Å². The number of carbonyl (C=O) groups excluding carboxylic acids is 1. The SMILES string of the molecule is C[C@H]1CN([C@@H](C)CO)S(=O)(=O)c2ccc(-c3ccc(F)cc3)cc2O[C@H]1CN(C)C(=O)C1CC1. The number of hydrogen-bond acceptors (Lipinski definition) is 5. The van der Waals surface area contributed by atoms with Crippen LogP contribution in [-0.4, -0.2) is 67.5 Å². The number of sulfonamides is 1. The molecule has 1 N–H and O–H groups in total. The van der Waals surface area contributed by atoms with Gasteiger partial charge in [0.15, 0.2) is 0 Å². The Morgan fingerprint density at radius 3 is 2.47 bits per heavy atom. The zero-order valence-corrected chi connectivity index (χ0v) is 20.5. The Morgan fingerprint density at radius 1 is 1.21 bits per heavy atom. The molecule has 4 rings (SSSR count). The van der Waals surface area contributed by atoms with E-state index in [4.69, 9.17) is 4.74 Å². The highest BCUT2D eigenvalue weighted by Crippen LogP contribution is 2.37. The number of carbonyl (C=O) groups is 1. The fourth-order valence-corrected chi connectivity index (χ4v) is 6.09. The molecule has 2 aliphatic rings. The number of fused-ring (bicyclic) bond motifs is 1. The number of rotatable bonds is 6. The predicted octanol–water partition coefficient (Wildman–Crippen LogP) is 3.13. The van der Waals surface area contributed by atoms with E-state index in [-0.39, 0.29) is 47.4 Å². The molecule has 0 aromatic heterocycles. The molecule has 34 heavy (non-hydrogen) atoms. The molecule has 0 bridgehead atoms. The predicted molar refractivity (Wildman–Crippen MR) is 126 cm³/mol. The summed E-state index contributed by atoms with van der Waals surface area (Å²) >= 11 is 0. The van der Waals surface area contributed by atoms with Gasteiger partial charge >= 0.3 is 0 Å². The number of ether oxygens (including phenoxy) is 1. The van der Waals surface area contributed by atoms with E-state index in [0.29, 0.717) is 12.1 Å². The molecule has 1 aliphatic heterocycles. The van der Waals surface area contributed by atoms with Gasteiger partial charge in [-0.05, 0) is 55.2 Å². The second-order valence-corrected chi connectivity index (χ2v) is 11.3. The molecule has 9 heteroatoms. The minimum Gasteiger partial charge on any atom is -0.487 e. The second kappa shape index (κ2) is 9.64. The Balaban J connectivity index is 1.76. The van der Waals surface area contributed by atoms with Gasteiger partial charge in [-0.3, -0.25) is 4.79 Å². The van der Waals surface area contributed by atoms with Gasteiger partial charge in [0.25, 0.3) is 0 Å². The first-order valence-corrected chi connectivity index (χ1v) is 13.0. The van der Waals surface area contributed by atoms with Crippen molar-refractivity contribution in [1.82, 2.24) is 9.21 Å². The number of amides is 1. The van der Waals surface area contributed by atoms with E-state index in [1.165, 1.54) is 22.5 Å². The van der Waals surface area contributed by atoms with E-state index < -0.39 is 22.2 Å². The van der Waals surface area contributed by atoms with Crippen molar-refractivity contribution in [3.63, 3.8) is 0 Å². The Labute approximate surface area is 200 Å². The lowest BCUT2D eigenvalue weighted by Crippen LogP contribution is -2.50. The summed E-state index contributed by atoms with van der Waals surface area (Å²) in [5.74, 6) is -0.287.